The van der Waals surface area contributed by atoms with Gasteiger partial charge in [-0.1, -0.05) is 12.2 Å². The molecule has 1 saturated heterocycles. The van der Waals surface area contributed by atoms with E-state index in [1.54, 1.807) is 0 Å². The van der Waals surface area contributed by atoms with Gasteiger partial charge in [0.05, 0.1) is 12.0 Å². The van der Waals surface area contributed by atoms with Crippen molar-refractivity contribution < 1.29 is 9.53 Å². The Hall–Kier alpha value is -0.930. The summed E-state index contributed by atoms with van der Waals surface area (Å²) in [6, 6.07) is 0. The van der Waals surface area contributed by atoms with E-state index >= 15 is 0 Å². The van der Waals surface area contributed by atoms with Crippen molar-refractivity contribution in [3.63, 3.8) is 0 Å². The Morgan fingerprint density at radius 2 is 2.00 bits per heavy atom. The number of carbonyl (C=O) groups is 1. The summed E-state index contributed by atoms with van der Waals surface area (Å²) in [4.78, 5) is 13.3. The van der Waals surface area contributed by atoms with E-state index < -0.39 is 0 Å². The number of ether oxygens (including phenoxy) is 1. The number of aldehydes is 1. The number of hydrogen-bond acceptors (Lipinski definition) is 3. The van der Waals surface area contributed by atoms with Crippen LogP contribution in [0.25, 0.3) is 0 Å². The fourth-order valence-corrected chi connectivity index (χ4v) is 1.89. The molecule has 0 spiro atoms. The molecule has 0 aliphatic carbocycles. The first-order chi connectivity index (χ1) is 7.26. The molecule has 1 rings (SSSR count). The lowest BCUT2D eigenvalue weighted by molar-refractivity contribution is -0.117. The first kappa shape index (κ1) is 12.1. The van der Waals surface area contributed by atoms with Crippen molar-refractivity contribution in [2.24, 2.45) is 5.41 Å². The quantitative estimate of drug-likeness (QED) is 0.467. The standard InChI is InChI=1S/C12H19NO2/c1-3-6-13(7-4-2)9-12(10-14)5-8-15-11-12/h3-4,10H,1-2,5-9,11H2. The molecule has 1 fully saturated rings. The smallest absolute Gasteiger partial charge is 0.129 e. The predicted molar refractivity (Wildman–Crippen MR) is 60.8 cm³/mol. The molecular formula is C12H19NO2. The van der Waals surface area contributed by atoms with Crippen LogP contribution in [-0.2, 0) is 9.53 Å². The van der Waals surface area contributed by atoms with Gasteiger partial charge in [0.15, 0.2) is 0 Å². The lowest BCUT2D eigenvalue weighted by Gasteiger charge is -2.28. The van der Waals surface area contributed by atoms with Gasteiger partial charge in [-0.2, -0.15) is 0 Å². The highest BCUT2D eigenvalue weighted by Gasteiger charge is 2.35. The van der Waals surface area contributed by atoms with Gasteiger partial charge in [0, 0.05) is 26.2 Å². The van der Waals surface area contributed by atoms with E-state index in [2.05, 4.69) is 18.1 Å². The molecule has 1 aliphatic heterocycles. The van der Waals surface area contributed by atoms with Gasteiger partial charge in [-0.15, -0.1) is 13.2 Å². The Kier molecular flexibility index (Phi) is 4.72. The van der Waals surface area contributed by atoms with Gasteiger partial charge in [0.1, 0.15) is 6.29 Å². The minimum Gasteiger partial charge on any atom is -0.380 e. The van der Waals surface area contributed by atoms with Gasteiger partial charge in [0.25, 0.3) is 0 Å². The molecule has 1 unspecified atom stereocenters. The molecule has 0 N–H and O–H groups in total. The minimum absolute atomic E-state index is 0.313. The summed E-state index contributed by atoms with van der Waals surface area (Å²) in [6.45, 7) is 10.9. The van der Waals surface area contributed by atoms with Crippen molar-refractivity contribution in [3.8, 4) is 0 Å². The first-order valence-electron chi connectivity index (χ1n) is 5.24. The van der Waals surface area contributed by atoms with Crippen LogP contribution in [0.2, 0.25) is 0 Å². The van der Waals surface area contributed by atoms with Crippen molar-refractivity contribution in [3.05, 3.63) is 25.3 Å². The van der Waals surface area contributed by atoms with Crippen LogP contribution >= 0.6 is 0 Å². The zero-order valence-corrected chi connectivity index (χ0v) is 9.15. The summed E-state index contributed by atoms with van der Waals surface area (Å²) in [7, 11) is 0. The van der Waals surface area contributed by atoms with Gasteiger partial charge < -0.3 is 9.53 Å². The average Bonchev–Trinajstić information content (AvgIpc) is 2.68. The van der Waals surface area contributed by atoms with Crippen LogP contribution in [-0.4, -0.2) is 44.0 Å². The lowest BCUT2D eigenvalue weighted by Crippen LogP contribution is -2.39. The summed E-state index contributed by atoms with van der Waals surface area (Å²) < 4.78 is 5.30. The molecular weight excluding hydrogens is 190 g/mol. The van der Waals surface area contributed by atoms with E-state index in [9.17, 15) is 4.79 Å². The largest absolute Gasteiger partial charge is 0.380 e. The van der Waals surface area contributed by atoms with E-state index in [0.717, 1.165) is 32.3 Å². The molecule has 0 saturated carbocycles. The summed E-state index contributed by atoms with van der Waals surface area (Å²) in [5, 5.41) is 0. The van der Waals surface area contributed by atoms with Gasteiger partial charge in [-0.05, 0) is 6.42 Å². The molecule has 3 heteroatoms. The Balaban J connectivity index is 2.57. The van der Waals surface area contributed by atoms with Crippen LogP contribution in [0.5, 0.6) is 0 Å². The second-order valence-electron chi connectivity index (χ2n) is 4.05. The first-order valence-corrected chi connectivity index (χ1v) is 5.24. The predicted octanol–water partition coefficient (Wildman–Crippen LogP) is 1.27. The highest BCUT2D eigenvalue weighted by Crippen LogP contribution is 2.27. The third-order valence-corrected chi connectivity index (χ3v) is 2.70. The maximum absolute atomic E-state index is 11.1. The number of rotatable bonds is 7. The zero-order chi connectivity index (χ0) is 11.1. The van der Waals surface area contributed by atoms with E-state index in [1.165, 1.54) is 0 Å². The van der Waals surface area contributed by atoms with Gasteiger partial charge in [-0.3, -0.25) is 4.90 Å². The zero-order valence-electron chi connectivity index (χ0n) is 9.15. The molecule has 0 amide bonds. The minimum atomic E-state index is -0.313. The highest BCUT2D eigenvalue weighted by molar-refractivity contribution is 5.60. The second-order valence-corrected chi connectivity index (χ2v) is 4.05. The van der Waals surface area contributed by atoms with Crippen molar-refractivity contribution in [2.45, 2.75) is 6.42 Å². The highest BCUT2D eigenvalue weighted by atomic mass is 16.5. The molecule has 0 aromatic rings. The molecule has 1 heterocycles. The number of nitrogens with zero attached hydrogens (tertiary/aromatic N) is 1. The summed E-state index contributed by atoms with van der Waals surface area (Å²) in [6.07, 6.45) is 5.55. The van der Waals surface area contributed by atoms with Crippen molar-refractivity contribution >= 4 is 6.29 Å². The number of carbonyl (C=O) groups excluding carboxylic acids is 1. The van der Waals surface area contributed by atoms with Crippen LogP contribution in [0.15, 0.2) is 25.3 Å². The normalized spacial score (nSPS) is 25.4. The third-order valence-electron chi connectivity index (χ3n) is 2.70. The fraction of sp³-hybridized carbons (Fsp3) is 0.583. The van der Waals surface area contributed by atoms with Gasteiger partial charge in [0.2, 0.25) is 0 Å². The molecule has 84 valence electrons. The second kappa shape index (κ2) is 5.83. The molecule has 3 nitrogen and oxygen atoms in total. The van der Waals surface area contributed by atoms with Crippen LogP contribution in [0, 0.1) is 5.41 Å². The molecule has 1 aliphatic rings. The molecule has 0 aromatic heterocycles. The molecule has 0 aromatic carbocycles. The third kappa shape index (κ3) is 3.29. The number of hydrogen-bond donors (Lipinski definition) is 0. The van der Waals surface area contributed by atoms with Crippen LogP contribution < -0.4 is 0 Å². The summed E-state index contributed by atoms with van der Waals surface area (Å²) >= 11 is 0. The molecule has 0 radical (unpaired) electrons. The van der Waals surface area contributed by atoms with Crippen molar-refractivity contribution in [2.75, 3.05) is 32.8 Å². The maximum atomic E-state index is 11.1. The Morgan fingerprint density at radius 1 is 1.33 bits per heavy atom. The molecule has 0 bridgehead atoms. The monoisotopic (exact) mass is 209 g/mol. The van der Waals surface area contributed by atoms with Crippen LogP contribution in [0.3, 0.4) is 0 Å². The van der Waals surface area contributed by atoms with E-state index in [1.807, 2.05) is 12.2 Å². The average molecular weight is 209 g/mol. The Morgan fingerprint density at radius 3 is 2.40 bits per heavy atom. The van der Waals surface area contributed by atoms with Gasteiger partial charge >= 0.3 is 0 Å². The van der Waals surface area contributed by atoms with E-state index in [-0.39, 0.29) is 5.41 Å². The van der Waals surface area contributed by atoms with Crippen LogP contribution in [0.1, 0.15) is 6.42 Å². The maximum Gasteiger partial charge on any atom is 0.129 e. The van der Waals surface area contributed by atoms with Gasteiger partial charge in [-0.25, -0.2) is 0 Å². The Bertz CT molecular complexity index is 222. The molecule has 1 atom stereocenters. The molecule has 15 heavy (non-hydrogen) atoms. The van der Waals surface area contributed by atoms with Crippen molar-refractivity contribution in [1.82, 2.24) is 4.90 Å². The van der Waals surface area contributed by atoms with Crippen LogP contribution in [0.4, 0.5) is 0 Å². The topological polar surface area (TPSA) is 29.5 Å². The fourth-order valence-electron chi connectivity index (χ4n) is 1.89. The Labute approximate surface area is 91.4 Å². The summed E-state index contributed by atoms with van der Waals surface area (Å²) in [5.41, 5.74) is -0.313. The lowest BCUT2D eigenvalue weighted by atomic mass is 9.88. The SMILES string of the molecule is C=CCN(CC=C)CC1(C=O)CCOC1. The van der Waals surface area contributed by atoms with E-state index in [0.29, 0.717) is 13.2 Å². The van der Waals surface area contributed by atoms with Crippen molar-refractivity contribution in [1.29, 1.82) is 0 Å². The summed E-state index contributed by atoms with van der Waals surface area (Å²) in [5.74, 6) is 0. The van der Waals surface area contributed by atoms with E-state index in [4.69, 9.17) is 4.74 Å².